The van der Waals surface area contributed by atoms with Crippen LogP contribution in [-0.2, 0) is 4.74 Å². The van der Waals surface area contributed by atoms with Crippen LogP contribution in [0.2, 0.25) is 0 Å². The fraction of sp³-hybridized carbons (Fsp3) is 0.235. The zero-order chi connectivity index (χ0) is 14.9. The van der Waals surface area contributed by atoms with E-state index in [0.717, 1.165) is 23.4 Å². The minimum Gasteiger partial charge on any atom is -0.467 e. The van der Waals surface area contributed by atoms with Gasteiger partial charge >= 0.3 is 0 Å². The normalized spacial score (nSPS) is 18.8. The van der Waals surface area contributed by atoms with Crippen LogP contribution in [0.3, 0.4) is 0 Å². The second kappa shape index (κ2) is 5.42. The molecule has 4 rings (SSSR count). The molecule has 4 nitrogen and oxygen atoms in total. The van der Waals surface area contributed by atoms with Crippen molar-refractivity contribution in [3.63, 3.8) is 0 Å². The predicted octanol–water partition coefficient (Wildman–Crippen LogP) is 3.54. The summed E-state index contributed by atoms with van der Waals surface area (Å²) >= 11 is 0. The molecule has 1 atom stereocenters. The van der Waals surface area contributed by atoms with Crippen LogP contribution >= 0.6 is 0 Å². The molecule has 1 unspecified atom stereocenters. The van der Waals surface area contributed by atoms with E-state index in [1.54, 1.807) is 18.5 Å². The SMILES string of the molecule is Fc1ccc2c(N3CCOC(c4ccco4)C3)ccnc2c1. The molecule has 2 aromatic heterocycles. The van der Waals surface area contributed by atoms with E-state index in [2.05, 4.69) is 9.88 Å². The lowest BCUT2D eigenvalue weighted by Gasteiger charge is -2.34. The Bertz CT molecular complexity index is 788. The molecule has 112 valence electrons. The summed E-state index contributed by atoms with van der Waals surface area (Å²) in [7, 11) is 0. The number of hydrogen-bond donors (Lipinski definition) is 0. The molecule has 1 saturated heterocycles. The average molecular weight is 298 g/mol. The number of benzene rings is 1. The molecule has 3 aromatic rings. The van der Waals surface area contributed by atoms with Crippen LogP contribution in [0, 0.1) is 5.82 Å². The molecule has 0 spiro atoms. The van der Waals surface area contributed by atoms with Crippen molar-refractivity contribution < 1.29 is 13.5 Å². The summed E-state index contributed by atoms with van der Waals surface area (Å²) in [6.45, 7) is 2.11. The third kappa shape index (κ3) is 2.33. The number of ether oxygens (including phenoxy) is 1. The lowest BCUT2D eigenvalue weighted by molar-refractivity contribution is 0.0258. The maximum absolute atomic E-state index is 13.4. The fourth-order valence-corrected chi connectivity index (χ4v) is 2.90. The van der Waals surface area contributed by atoms with Gasteiger partial charge in [0, 0.05) is 29.9 Å². The van der Waals surface area contributed by atoms with Crippen molar-refractivity contribution in [1.82, 2.24) is 4.98 Å². The molecular formula is C17H15FN2O2. The van der Waals surface area contributed by atoms with Crippen LogP contribution in [0.4, 0.5) is 10.1 Å². The van der Waals surface area contributed by atoms with Gasteiger partial charge in [0.2, 0.25) is 0 Å². The van der Waals surface area contributed by atoms with Crippen LogP contribution in [0.1, 0.15) is 11.9 Å². The average Bonchev–Trinajstić information content (AvgIpc) is 3.08. The molecule has 3 heterocycles. The first-order chi connectivity index (χ1) is 10.8. The van der Waals surface area contributed by atoms with Gasteiger partial charge in [0.05, 0.1) is 24.9 Å². The maximum atomic E-state index is 13.4. The van der Waals surface area contributed by atoms with Gasteiger partial charge in [0.15, 0.2) is 0 Å². The van der Waals surface area contributed by atoms with E-state index < -0.39 is 0 Å². The van der Waals surface area contributed by atoms with Crippen LogP contribution < -0.4 is 4.90 Å². The fourth-order valence-electron chi connectivity index (χ4n) is 2.90. The van der Waals surface area contributed by atoms with E-state index in [1.165, 1.54) is 12.1 Å². The summed E-state index contributed by atoms with van der Waals surface area (Å²) in [5.41, 5.74) is 1.71. The molecule has 1 aromatic carbocycles. The number of aromatic nitrogens is 1. The molecule has 0 amide bonds. The zero-order valence-corrected chi connectivity index (χ0v) is 11.9. The Kier molecular flexibility index (Phi) is 3.27. The van der Waals surface area contributed by atoms with Crippen molar-refractivity contribution in [3.05, 3.63) is 60.4 Å². The van der Waals surface area contributed by atoms with Crippen LogP contribution in [0.25, 0.3) is 10.9 Å². The van der Waals surface area contributed by atoms with E-state index in [1.807, 2.05) is 18.2 Å². The number of nitrogens with zero attached hydrogens (tertiary/aromatic N) is 2. The molecule has 22 heavy (non-hydrogen) atoms. The molecule has 1 fully saturated rings. The Morgan fingerprint density at radius 2 is 2.18 bits per heavy atom. The second-order valence-electron chi connectivity index (χ2n) is 5.31. The zero-order valence-electron chi connectivity index (χ0n) is 11.9. The van der Waals surface area contributed by atoms with E-state index >= 15 is 0 Å². The number of fused-ring (bicyclic) bond motifs is 1. The summed E-state index contributed by atoms with van der Waals surface area (Å²) < 4.78 is 24.6. The van der Waals surface area contributed by atoms with Crippen LogP contribution in [0.5, 0.6) is 0 Å². The molecular weight excluding hydrogens is 283 g/mol. The second-order valence-corrected chi connectivity index (χ2v) is 5.31. The molecule has 1 aliphatic heterocycles. The van der Waals surface area contributed by atoms with Crippen molar-refractivity contribution in [2.24, 2.45) is 0 Å². The van der Waals surface area contributed by atoms with Crippen molar-refractivity contribution in [2.75, 3.05) is 24.6 Å². The summed E-state index contributed by atoms with van der Waals surface area (Å²) in [6.07, 6.45) is 3.28. The molecule has 0 bridgehead atoms. The summed E-state index contributed by atoms with van der Waals surface area (Å²) in [5, 5.41) is 0.948. The Morgan fingerprint density at radius 3 is 3.05 bits per heavy atom. The number of halogens is 1. The number of pyridine rings is 1. The number of furan rings is 1. The van der Waals surface area contributed by atoms with Crippen LogP contribution in [0.15, 0.2) is 53.3 Å². The minimum atomic E-state index is -0.271. The Balaban J connectivity index is 1.69. The molecule has 1 aliphatic rings. The highest BCUT2D eigenvalue weighted by molar-refractivity contribution is 5.91. The van der Waals surface area contributed by atoms with Gasteiger partial charge in [-0.3, -0.25) is 4.98 Å². The monoisotopic (exact) mass is 298 g/mol. The lowest BCUT2D eigenvalue weighted by Crippen LogP contribution is -2.38. The van der Waals surface area contributed by atoms with E-state index in [4.69, 9.17) is 9.15 Å². The topological polar surface area (TPSA) is 38.5 Å². The predicted molar refractivity (Wildman–Crippen MR) is 81.3 cm³/mol. The van der Waals surface area contributed by atoms with Gasteiger partial charge in [-0.1, -0.05) is 0 Å². The number of anilines is 1. The van der Waals surface area contributed by atoms with Gasteiger partial charge < -0.3 is 14.1 Å². The molecule has 0 radical (unpaired) electrons. The molecule has 0 saturated carbocycles. The number of hydrogen-bond acceptors (Lipinski definition) is 4. The standard InChI is InChI=1S/C17H15FN2O2/c18-12-3-4-13-14(10-12)19-6-5-15(13)20-7-9-22-17(11-20)16-2-1-8-21-16/h1-6,8,10,17H,7,9,11H2. The van der Waals surface area contributed by atoms with Gasteiger partial charge in [-0.25, -0.2) is 4.39 Å². The number of morpholine rings is 1. The highest BCUT2D eigenvalue weighted by Gasteiger charge is 2.25. The van der Waals surface area contributed by atoms with Crippen molar-refractivity contribution in [3.8, 4) is 0 Å². The van der Waals surface area contributed by atoms with Crippen LogP contribution in [-0.4, -0.2) is 24.7 Å². The first kappa shape index (κ1) is 13.3. The van der Waals surface area contributed by atoms with Crippen molar-refractivity contribution in [2.45, 2.75) is 6.10 Å². The summed E-state index contributed by atoms with van der Waals surface area (Å²) in [5.74, 6) is 0.557. The largest absolute Gasteiger partial charge is 0.467 e. The third-order valence-electron chi connectivity index (χ3n) is 3.95. The van der Waals surface area contributed by atoms with Crippen molar-refractivity contribution >= 4 is 16.6 Å². The van der Waals surface area contributed by atoms with E-state index in [0.29, 0.717) is 18.7 Å². The third-order valence-corrected chi connectivity index (χ3v) is 3.95. The van der Waals surface area contributed by atoms with E-state index in [-0.39, 0.29) is 11.9 Å². The molecule has 0 aliphatic carbocycles. The maximum Gasteiger partial charge on any atom is 0.134 e. The Labute approximate surface area is 127 Å². The quantitative estimate of drug-likeness (QED) is 0.725. The van der Waals surface area contributed by atoms with Gasteiger partial charge in [-0.15, -0.1) is 0 Å². The summed E-state index contributed by atoms with van der Waals surface area (Å²) in [6, 6.07) is 10.5. The Morgan fingerprint density at radius 1 is 1.23 bits per heavy atom. The van der Waals surface area contributed by atoms with Gasteiger partial charge in [0.25, 0.3) is 0 Å². The highest BCUT2D eigenvalue weighted by atomic mass is 19.1. The molecule has 5 heteroatoms. The van der Waals surface area contributed by atoms with Gasteiger partial charge in [-0.05, 0) is 30.3 Å². The Hall–Kier alpha value is -2.40. The first-order valence-corrected chi connectivity index (χ1v) is 7.25. The molecule has 0 N–H and O–H groups in total. The van der Waals surface area contributed by atoms with Gasteiger partial charge in [-0.2, -0.15) is 0 Å². The van der Waals surface area contributed by atoms with Gasteiger partial charge in [0.1, 0.15) is 17.7 Å². The highest BCUT2D eigenvalue weighted by Crippen LogP contribution is 2.30. The lowest BCUT2D eigenvalue weighted by atomic mass is 10.1. The van der Waals surface area contributed by atoms with Crippen molar-refractivity contribution in [1.29, 1.82) is 0 Å². The minimum absolute atomic E-state index is 0.0904. The summed E-state index contributed by atoms with van der Waals surface area (Å²) in [4.78, 5) is 6.48. The smallest absolute Gasteiger partial charge is 0.134 e. The number of rotatable bonds is 2. The first-order valence-electron chi connectivity index (χ1n) is 7.25. The van der Waals surface area contributed by atoms with E-state index in [9.17, 15) is 4.39 Å².